The van der Waals surface area contributed by atoms with Crippen LogP contribution in [0.15, 0.2) is 0 Å². The van der Waals surface area contributed by atoms with Crippen molar-refractivity contribution < 1.29 is 14.7 Å². The van der Waals surface area contributed by atoms with Crippen molar-refractivity contribution in [2.45, 2.75) is 13.0 Å². The first kappa shape index (κ1) is 9.31. The van der Waals surface area contributed by atoms with E-state index < -0.39 is 6.10 Å². The highest BCUT2D eigenvalue weighted by atomic mass is 31.0. The Morgan fingerprint density at radius 3 is 2.56 bits per heavy atom. The summed E-state index contributed by atoms with van der Waals surface area (Å²) in [6.07, 6.45) is -0.563. The maximum Gasteiger partial charge on any atom is 0.0824 e. The van der Waals surface area contributed by atoms with Crippen LogP contribution in [0.4, 0.5) is 0 Å². The molecular weight excluding hydrogens is 139 g/mol. The molecule has 0 aromatic heterocycles. The second kappa shape index (κ2) is 5.12. The Morgan fingerprint density at radius 2 is 2.22 bits per heavy atom. The van der Waals surface area contributed by atoms with Crippen LogP contribution in [-0.2, 0) is 4.52 Å². The van der Waals surface area contributed by atoms with Crippen molar-refractivity contribution in [1.82, 2.24) is 0 Å². The van der Waals surface area contributed by atoms with E-state index in [-0.39, 0.29) is 19.1 Å². The first-order chi connectivity index (χ1) is 4.22. The largest absolute Gasteiger partial charge is 0.396 e. The minimum Gasteiger partial charge on any atom is -0.396 e. The van der Waals surface area contributed by atoms with Crippen molar-refractivity contribution in [3.05, 3.63) is 0 Å². The van der Waals surface area contributed by atoms with Crippen LogP contribution >= 0.6 is 9.47 Å². The maximum atomic E-state index is 9.02. The molecule has 0 amide bonds. The Labute approximate surface area is 57.3 Å². The lowest BCUT2D eigenvalue weighted by molar-refractivity contribution is 0.0441. The zero-order chi connectivity index (χ0) is 7.28. The average molecular weight is 152 g/mol. The molecule has 0 aliphatic heterocycles. The van der Waals surface area contributed by atoms with E-state index in [0.717, 1.165) is 0 Å². The Morgan fingerprint density at radius 1 is 1.67 bits per heavy atom. The van der Waals surface area contributed by atoms with Crippen LogP contribution in [0, 0.1) is 5.92 Å². The van der Waals surface area contributed by atoms with Crippen LogP contribution in [-0.4, -0.2) is 29.5 Å². The van der Waals surface area contributed by atoms with E-state index in [0.29, 0.717) is 0 Å². The molecule has 0 bridgehead atoms. The van der Waals surface area contributed by atoms with E-state index in [1.165, 1.54) is 0 Å². The summed E-state index contributed by atoms with van der Waals surface area (Å²) in [4.78, 5) is 0. The highest BCUT2D eigenvalue weighted by Crippen LogP contribution is 2.02. The fourth-order valence-electron chi connectivity index (χ4n) is 0.385. The number of rotatable bonds is 4. The topological polar surface area (TPSA) is 49.7 Å². The highest BCUT2D eigenvalue weighted by molar-refractivity contribution is 7.09. The summed E-state index contributed by atoms with van der Waals surface area (Å²) in [5.41, 5.74) is 0. The van der Waals surface area contributed by atoms with Gasteiger partial charge in [0.25, 0.3) is 0 Å². The second-order valence-corrected chi connectivity index (χ2v) is 2.39. The maximum absolute atomic E-state index is 9.02. The molecular formula is C5H13O3P. The van der Waals surface area contributed by atoms with E-state index in [4.69, 9.17) is 10.2 Å². The Balaban J connectivity index is 3.32. The van der Waals surface area contributed by atoms with Crippen molar-refractivity contribution in [2.75, 3.05) is 13.2 Å². The third kappa shape index (κ3) is 3.82. The number of aliphatic hydroxyl groups excluding tert-OH is 2. The molecule has 0 saturated heterocycles. The van der Waals surface area contributed by atoms with E-state index in [2.05, 4.69) is 4.52 Å². The second-order valence-electron chi connectivity index (χ2n) is 2.06. The van der Waals surface area contributed by atoms with Gasteiger partial charge in [0, 0.05) is 22.0 Å². The minimum absolute atomic E-state index is 0.00477. The van der Waals surface area contributed by atoms with Crippen molar-refractivity contribution in [3.63, 3.8) is 0 Å². The summed E-state index contributed by atoms with van der Waals surface area (Å²) >= 11 is 0. The molecule has 0 spiro atoms. The van der Waals surface area contributed by atoms with Gasteiger partial charge >= 0.3 is 0 Å². The zero-order valence-electron chi connectivity index (χ0n) is 5.45. The molecule has 1 unspecified atom stereocenters. The predicted molar refractivity (Wildman–Crippen MR) is 37.9 cm³/mol. The molecule has 0 saturated carbocycles. The monoisotopic (exact) mass is 152 g/mol. The van der Waals surface area contributed by atoms with Gasteiger partial charge in [-0.2, -0.15) is 0 Å². The van der Waals surface area contributed by atoms with Crippen LogP contribution in [0.3, 0.4) is 0 Å². The van der Waals surface area contributed by atoms with Crippen LogP contribution < -0.4 is 0 Å². The van der Waals surface area contributed by atoms with E-state index in [1.807, 2.05) is 9.47 Å². The average Bonchev–Trinajstić information content (AvgIpc) is 1.87. The van der Waals surface area contributed by atoms with Gasteiger partial charge in [-0.05, 0) is 0 Å². The molecule has 3 nitrogen and oxygen atoms in total. The summed E-state index contributed by atoms with van der Waals surface area (Å²) in [7, 11) is 2.05. The molecule has 0 heterocycles. The highest BCUT2D eigenvalue weighted by Gasteiger charge is 2.11. The van der Waals surface area contributed by atoms with Gasteiger partial charge in [0.2, 0.25) is 0 Å². The molecule has 3 atom stereocenters. The third-order valence-electron chi connectivity index (χ3n) is 1.21. The van der Waals surface area contributed by atoms with Crippen LogP contribution in [0.2, 0.25) is 0 Å². The lowest BCUT2D eigenvalue weighted by Crippen LogP contribution is -2.24. The summed E-state index contributed by atoms with van der Waals surface area (Å²) in [6.45, 7) is 2.01. The van der Waals surface area contributed by atoms with Crippen molar-refractivity contribution in [2.24, 2.45) is 5.92 Å². The van der Waals surface area contributed by atoms with Gasteiger partial charge < -0.3 is 14.7 Å². The molecule has 9 heavy (non-hydrogen) atoms. The van der Waals surface area contributed by atoms with E-state index in [9.17, 15) is 0 Å². The van der Waals surface area contributed by atoms with E-state index in [1.54, 1.807) is 6.92 Å². The molecule has 0 rings (SSSR count). The Hall–Kier alpha value is 0.310. The summed E-state index contributed by atoms with van der Waals surface area (Å²) in [5.74, 6) is -0.106. The molecule has 0 aliphatic carbocycles. The van der Waals surface area contributed by atoms with Crippen LogP contribution in [0.25, 0.3) is 0 Å². The molecule has 0 aliphatic rings. The summed E-state index contributed by atoms with van der Waals surface area (Å²) in [5, 5.41) is 17.5. The van der Waals surface area contributed by atoms with Gasteiger partial charge in [-0.25, -0.2) is 0 Å². The predicted octanol–water partition coefficient (Wildman–Crippen LogP) is -0.218. The minimum atomic E-state index is -0.563. The number of aliphatic hydroxyl groups is 2. The van der Waals surface area contributed by atoms with Crippen molar-refractivity contribution in [3.8, 4) is 0 Å². The van der Waals surface area contributed by atoms with Gasteiger partial charge in [-0.15, -0.1) is 0 Å². The normalized spacial score (nSPS) is 17.3. The van der Waals surface area contributed by atoms with Gasteiger partial charge in [-0.3, -0.25) is 0 Å². The number of hydrogen-bond donors (Lipinski definition) is 2. The molecule has 0 aromatic carbocycles. The fourth-order valence-corrected chi connectivity index (χ4v) is 0.582. The van der Waals surface area contributed by atoms with Crippen LogP contribution in [0.5, 0.6) is 0 Å². The van der Waals surface area contributed by atoms with E-state index >= 15 is 0 Å². The van der Waals surface area contributed by atoms with Gasteiger partial charge in [0.1, 0.15) is 0 Å². The van der Waals surface area contributed by atoms with Gasteiger partial charge in [0.15, 0.2) is 0 Å². The third-order valence-corrected chi connectivity index (χ3v) is 1.40. The number of hydrogen-bond acceptors (Lipinski definition) is 3. The molecule has 56 valence electrons. The Kier molecular flexibility index (Phi) is 5.30. The lowest BCUT2D eigenvalue weighted by Gasteiger charge is -2.14. The quantitative estimate of drug-likeness (QED) is 0.547. The first-order valence-corrected chi connectivity index (χ1v) is 3.30. The molecule has 0 fully saturated rings. The summed E-state index contributed by atoms with van der Waals surface area (Å²) in [6, 6.07) is 0. The standard InChI is InChI=1S/C5H13O3P/c1-4(2-6)5(7)3-8-9/h4-7H,2-3,9H2,1H3/t4-,5-/m1/s1. The van der Waals surface area contributed by atoms with Crippen molar-refractivity contribution in [1.29, 1.82) is 0 Å². The fraction of sp³-hybridized carbons (Fsp3) is 1.00. The first-order valence-electron chi connectivity index (χ1n) is 2.83. The SMILES string of the molecule is C[C@H](CO)[C@H](O)COP. The summed E-state index contributed by atoms with van der Waals surface area (Å²) < 4.78 is 4.58. The molecule has 4 heteroatoms. The zero-order valence-corrected chi connectivity index (χ0v) is 6.60. The van der Waals surface area contributed by atoms with Gasteiger partial charge in [-0.1, -0.05) is 6.92 Å². The lowest BCUT2D eigenvalue weighted by atomic mass is 10.1. The Bertz CT molecular complexity index is 69.2. The smallest absolute Gasteiger partial charge is 0.0824 e. The van der Waals surface area contributed by atoms with Crippen LogP contribution in [0.1, 0.15) is 6.92 Å². The molecule has 0 radical (unpaired) electrons. The molecule has 2 N–H and O–H groups in total. The van der Waals surface area contributed by atoms with Crippen molar-refractivity contribution >= 4 is 9.47 Å². The molecule has 0 aromatic rings. The van der Waals surface area contributed by atoms with Gasteiger partial charge in [0.05, 0.1) is 12.7 Å².